The van der Waals surface area contributed by atoms with E-state index in [1.165, 1.54) is 18.2 Å². The Morgan fingerprint density at radius 1 is 1.09 bits per heavy atom. The van der Waals surface area contributed by atoms with Crippen molar-refractivity contribution in [3.63, 3.8) is 0 Å². The molecule has 0 saturated carbocycles. The van der Waals surface area contributed by atoms with Gasteiger partial charge in [-0.3, -0.25) is 14.2 Å². The molecule has 0 aliphatic carbocycles. The molecule has 0 bridgehead atoms. The molecule has 32 heavy (non-hydrogen) atoms. The van der Waals surface area contributed by atoms with Gasteiger partial charge in [-0.1, -0.05) is 6.07 Å². The van der Waals surface area contributed by atoms with Gasteiger partial charge in [0.2, 0.25) is 11.5 Å². The summed E-state index contributed by atoms with van der Waals surface area (Å²) in [5, 5.41) is 2.72. The van der Waals surface area contributed by atoms with Crippen LogP contribution in [0.4, 0.5) is 10.1 Å². The molecule has 1 N–H and O–H groups in total. The van der Waals surface area contributed by atoms with Gasteiger partial charge in [-0.15, -0.1) is 0 Å². The minimum absolute atomic E-state index is 0.119. The number of benzene rings is 1. The first-order valence-electron chi connectivity index (χ1n) is 9.78. The molecule has 0 spiro atoms. The third kappa shape index (κ3) is 3.60. The number of rotatable bonds is 4. The van der Waals surface area contributed by atoms with Gasteiger partial charge in [0.05, 0.1) is 11.4 Å². The minimum Gasteiger partial charge on any atom is -0.436 e. The molecule has 0 saturated heterocycles. The standard InChI is InChI=1S/C23H17FN6O2/c1-13-21(32-14(2)27-13)22(31)28-17-5-6-19(24)18(8-17)20-12-30-11-16(10-26-23(30)29-20)15-4-3-7-25-9-15/h3-12H,1-2H3,(H,28,31). The highest BCUT2D eigenvalue weighted by Crippen LogP contribution is 2.27. The number of pyridine rings is 1. The van der Waals surface area contributed by atoms with Crippen molar-refractivity contribution in [3.05, 3.63) is 84.5 Å². The Morgan fingerprint density at radius 2 is 1.97 bits per heavy atom. The van der Waals surface area contributed by atoms with Crippen LogP contribution >= 0.6 is 0 Å². The maximum Gasteiger partial charge on any atom is 0.293 e. The fourth-order valence-corrected chi connectivity index (χ4v) is 3.43. The Bertz CT molecular complexity index is 1460. The molecule has 9 heteroatoms. The lowest BCUT2D eigenvalue weighted by Crippen LogP contribution is -2.12. The van der Waals surface area contributed by atoms with E-state index in [4.69, 9.17) is 4.42 Å². The molecule has 0 aliphatic rings. The molecule has 158 valence electrons. The van der Waals surface area contributed by atoms with E-state index in [1.807, 2.05) is 18.3 Å². The van der Waals surface area contributed by atoms with Gasteiger partial charge in [0.1, 0.15) is 5.82 Å². The van der Waals surface area contributed by atoms with Gasteiger partial charge >= 0.3 is 0 Å². The second-order valence-electron chi connectivity index (χ2n) is 7.21. The number of imidazole rings is 1. The number of aryl methyl sites for hydroxylation is 2. The minimum atomic E-state index is -0.467. The molecule has 0 aliphatic heterocycles. The van der Waals surface area contributed by atoms with E-state index in [0.29, 0.717) is 28.7 Å². The molecule has 4 aromatic heterocycles. The molecule has 0 unspecified atom stereocenters. The predicted molar refractivity (Wildman–Crippen MR) is 116 cm³/mol. The maximum atomic E-state index is 14.6. The van der Waals surface area contributed by atoms with Crippen LogP contribution in [0.2, 0.25) is 0 Å². The lowest BCUT2D eigenvalue weighted by molar-refractivity contribution is 0.0994. The number of hydrogen-bond donors (Lipinski definition) is 1. The van der Waals surface area contributed by atoms with Crippen molar-refractivity contribution < 1.29 is 13.6 Å². The number of fused-ring (bicyclic) bond motifs is 1. The molecule has 0 fully saturated rings. The largest absolute Gasteiger partial charge is 0.436 e. The Balaban J connectivity index is 1.48. The first kappa shape index (κ1) is 19.6. The average molecular weight is 428 g/mol. The number of oxazole rings is 1. The fourth-order valence-electron chi connectivity index (χ4n) is 3.43. The molecule has 1 amide bonds. The Hall–Kier alpha value is -4.40. The summed E-state index contributed by atoms with van der Waals surface area (Å²) < 4.78 is 21.7. The van der Waals surface area contributed by atoms with Gasteiger partial charge in [-0.25, -0.2) is 19.3 Å². The highest BCUT2D eigenvalue weighted by molar-refractivity contribution is 6.03. The van der Waals surface area contributed by atoms with Gasteiger partial charge in [0.15, 0.2) is 5.89 Å². The van der Waals surface area contributed by atoms with Crippen LogP contribution in [-0.2, 0) is 0 Å². The third-order valence-electron chi connectivity index (χ3n) is 4.91. The van der Waals surface area contributed by atoms with Crippen LogP contribution in [-0.4, -0.2) is 30.2 Å². The number of hydrogen-bond acceptors (Lipinski definition) is 6. The monoisotopic (exact) mass is 428 g/mol. The summed E-state index contributed by atoms with van der Waals surface area (Å²) in [5.74, 6) is 0.0155. The highest BCUT2D eigenvalue weighted by Gasteiger charge is 2.18. The van der Waals surface area contributed by atoms with Crippen LogP contribution in [0.5, 0.6) is 0 Å². The second-order valence-corrected chi connectivity index (χ2v) is 7.21. The first-order chi connectivity index (χ1) is 15.5. The molecule has 0 radical (unpaired) electrons. The van der Waals surface area contributed by atoms with Crippen LogP contribution in [0.3, 0.4) is 0 Å². The second kappa shape index (κ2) is 7.69. The van der Waals surface area contributed by atoms with Gasteiger partial charge in [-0.05, 0) is 31.2 Å². The number of nitrogens with one attached hydrogen (secondary N) is 1. The Kier molecular flexibility index (Phi) is 4.70. The van der Waals surface area contributed by atoms with E-state index in [2.05, 4.69) is 25.3 Å². The molecule has 8 nitrogen and oxygen atoms in total. The average Bonchev–Trinajstić information content (AvgIpc) is 3.37. The quantitative estimate of drug-likeness (QED) is 0.454. The highest BCUT2D eigenvalue weighted by atomic mass is 19.1. The molecule has 5 aromatic rings. The zero-order valence-electron chi connectivity index (χ0n) is 17.2. The van der Waals surface area contributed by atoms with Crippen molar-refractivity contribution in [2.24, 2.45) is 0 Å². The van der Waals surface area contributed by atoms with E-state index >= 15 is 0 Å². The van der Waals surface area contributed by atoms with Gasteiger partial charge in [-0.2, -0.15) is 0 Å². The van der Waals surface area contributed by atoms with Gasteiger partial charge in [0.25, 0.3) is 5.91 Å². The van der Waals surface area contributed by atoms with Crippen LogP contribution in [0, 0.1) is 19.7 Å². The van der Waals surface area contributed by atoms with E-state index in [0.717, 1.165) is 11.1 Å². The summed E-state index contributed by atoms with van der Waals surface area (Å²) in [6, 6.07) is 8.05. The molecule has 1 aromatic carbocycles. The summed E-state index contributed by atoms with van der Waals surface area (Å²) in [4.78, 5) is 29.5. The van der Waals surface area contributed by atoms with Crippen molar-refractivity contribution in [1.29, 1.82) is 0 Å². The summed E-state index contributed by atoms with van der Waals surface area (Å²) in [6.45, 7) is 3.35. The van der Waals surface area contributed by atoms with Crippen LogP contribution < -0.4 is 5.32 Å². The summed E-state index contributed by atoms with van der Waals surface area (Å²) in [7, 11) is 0. The number of aromatic nitrogens is 5. The van der Waals surface area contributed by atoms with Gasteiger partial charge < -0.3 is 9.73 Å². The Labute approximate surface area is 181 Å². The zero-order chi connectivity index (χ0) is 22.2. The third-order valence-corrected chi connectivity index (χ3v) is 4.91. The topological polar surface area (TPSA) is 98.2 Å². The lowest BCUT2D eigenvalue weighted by atomic mass is 10.1. The van der Waals surface area contributed by atoms with Crippen LogP contribution in [0.1, 0.15) is 22.1 Å². The number of nitrogens with zero attached hydrogens (tertiary/aromatic N) is 5. The van der Waals surface area contributed by atoms with Crippen molar-refractivity contribution in [3.8, 4) is 22.4 Å². The number of anilines is 1. The molecule has 4 heterocycles. The molecular weight excluding hydrogens is 411 g/mol. The smallest absolute Gasteiger partial charge is 0.293 e. The number of halogens is 1. The van der Waals surface area contributed by atoms with Crippen molar-refractivity contribution in [1.82, 2.24) is 24.3 Å². The number of carbonyl (C=O) groups excluding carboxylic acids is 1. The maximum absolute atomic E-state index is 14.6. The lowest BCUT2D eigenvalue weighted by Gasteiger charge is -2.06. The van der Waals surface area contributed by atoms with Crippen LogP contribution in [0.25, 0.3) is 28.2 Å². The first-order valence-corrected chi connectivity index (χ1v) is 9.78. The molecular formula is C23H17FN6O2. The Morgan fingerprint density at radius 3 is 2.72 bits per heavy atom. The summed E-state index contributed by atoms with van der Waals surface area (Å²) in [5.41, 5.74) is 3.28. The van der Waals surface area contributed by atoms with Crippen molar-refractivity contribution in [2.75, 3.05) is 5.32 Å². The SMILES string of the molecule is Cc1nc(C)c(C(=O)Nc2ccc(F)c(-c3cn4cc(-c5cccnc5)cnc4n3)c2)o1. The normalized spacial score (nSPS) is 11.1. The molecule has 5 rings (SSSR count). The predicted octanol–water partition coefficient (Wildman–Crippen LogP) is 4.45. The molecule has 0 atom stereocenters. The number of carbonyl (C=O) groups is 1. The van der Waals surface area contributed by atoms with Crippen LogP contribution in [0.15, 0.2) is 65.7 Å². The van der Waals surface area contributed by atoms with E-state index in [1.54, 1.807) is 43.0 Å². The summed E-state index contributed by atoms with van der Waals surface area (Å²) in [6.07, 6.45) is 8.68. The van der Waals surface area contributed by atoms with E-state index in [9.17, 15) is 9.18 Å². The zero-order valence-corrected chi connectivity index (χ0v) is 17.2. The van der Waals surface area contributed by atoms with Crippen molar-refractivity contribution in [2.45, 2.75) is 13.8 Å². The van der Waals surface area contributed by atoms with E-state index < -0.39 is 11.7 Å². The number of amides is 1. The van der Waals surface area contributed by atoms with Gasteiger partial charge in [0, 0.05) is 60.3 Å². The summed E-state index contributed by atoms with van der Waals surface area (Å²) >= 11 is 0. The van der Waals surface area contributed by atoms with Crippen molar-refractivity contribution >= 4 is 17.4 Å². The fraction of sp³-hybridized carbons (Fsp3) is 0.0870. The van der Waals surface area contributed by atoms with E-state index in [-0.39, 0.29) is 11.3 Å².